The lowest BCUT2D eigenvalue weighted by molar-refractivity contribution is -0.117. The maximum absolute atomic E-state index is 13.7. The van der Waals surface area contributed by atoms with Gasteiger partial charge in [0.1, 0.15) is 11.6 Å². The number of piperazine rings is 1. The number of nitrogens with one attached hydrogen (secondary N) is 1. The lowest BCUT2D eigenvalue weighted by Gasteiger charge is -2.33. The highest BCUT2D eigenvalue weighted by atomic mass is 32.2. The summed E-state index contributed by atoms with van der Waals surface area (Å²) in [7, 11) is -3.58. The fourth-order valence-electron chi connectivity index (χ4n) is 4.13. The Balaban J connectivity index is 1.34. The molecular formula is C22H25F2N3O3S. The minimum absolute atomic E-state index is 0.00352. The first-order valence-electron chi connectivity index (χ1n) is 10.4. The second kappa shape index (κ2) is 9.02. The van der Waals surface area contributed by atoms with Crippen LogP contribution in [0.1, 0.15) is 24.0 Å². The maximum Gasteiger partial charge on any atom is 0.243 e. The molecule has 2 aliphatic rings. The highest BCUT2D eigenvalue weighted by molar-refractivity contribution is 7.89. The van der Waals surface area contributed by atoms with Gasteiger partial charge in [-0.15, -0.1) is 0 Å². The van der Waals surface area contributed by atoms with Crippen molar-refractivity contribution in [3.63, 3.8) is 0 Å². The minimum Gasteiger partial charge on any atom is -0.322 e. The van der Waals surface area contributed by atoms with E-state index in [1.165, 1.54) is 15.9 Å². The Morgan fingerprint density at radius 1 is 0.935 bits per heavy atom. The van der Waals surface area contributed by atoms with Crippen molar-refractivity contribution >= 4 is 21.6 Å². The van der Waals surface area contributed by atoms with Crippen LogP contribution in [-0.2, 0) is 27.7 Å². The van der Waals surface area contributed by atoms with E-state index in [9.17, 15) is 22.0 Å². The van der Waals surface area contributed by atoms with Gasteiger partial charge in [-0.1, -0.05) is 6.07 Å². The van der Waals surface area contributed by atoms with E-state index in [1.54, 1.807) is 12.1 Å². The van der Waals surface area contributed by atoms with Crippen LogP contribution >= 0.6 is 0 Å². The predicted octanol–water partition coefficient (Wildman–Crippen LogP) is 2.79. The number of sulfonamides is 1. The van der Waals surface area contributed by atoms with Crippen LogP contribution in [0.25, 0.3) is 0 Å². The van der Waals surface area contributed by atoms with Crippen LogP contribution in [0.15, 0.2) is 41.3 Å². The third-order valence-electron chi connectivity index (χ3n) is 5.86. The fraction of sp³-hybridized carbons (Fsp3) is 0.409. The molecule has 0 radical (unpaired) electrons. The molecule has 0 bridgehead atoms. The normalized spacial score (nSPS) is 17.9. The summed E-state index contributed by atoms with van der Waals surface area (Å²) in [5.41, 5.74) is 2.27. The number of anilines is 1. The first-order chi connectivity index (χ1) is 14.8. The van der Waals surface area contributed by atoms with Crippen molar-refractivity contribution in [3.8, 4) is 0 Å². The number of aryl methyl sites for hydroxylation is 2. The Hall–Kier alpha value is -2.36. The summed E-state index contributed by atoms with van der Waals surface area (Å²) in [5, 5.41) is 2.43. The standard InChI is InChI=1S/C22H25F2N3O3S/c23-18-6-8-21(20(24)14-18)25-22(28)15-26-9-11-27(12-10-26)31(29,30)19-7-5-16-3-1-2-4-17(16)13-19/h5-8,13-14H,1-4,9-12,15H2,(H,25,28). The van der Waals surface area contributed by atoms with Crippen LogP contribution in [0.4, 0.5) is 14.5 Å². The zero-order chi connectivity index (χ0) is 22.0. The van der Waals surface area contributed by atoms with Gasteiger partial charge in [0, 0.05) is 32.2 Å². The first kappa shape index (κ1) is 21.9. The molecule has 0 aromatic heterocycles. The Morgan fingerprint density at radius 3 is 2.35 bits per heavy atom. The maximum atomic E-state index is 13.7. The van der Waals surface area contributed by atoms with E-state index in [2.05, 4.69) is 5.32 Å². The third-order valence-corrected chi connectivity index (χ3v) is 7.76. The van der Waals surface area contributed by atoms with E-state index in [-0.39, 0.29) is 25.3 Å². The van der Waals surface area contributed by atoms with Gasteiger partial charge in [0.15, 0.2) is 0 Å². The van der Waals surface area contributed by atoms with Crippen LogP contribution in [0.3, 0.4) is 0 Å². The molecule has 9 heteroatoms. The van der Waals surface area contributed by atoms with E-state index in [4.69, 9.17) is 0 Å². The number of benzene rings is 2. The zero-order valence-corrected chi connectivity index (χ0v) is 17.9. The second-order valence-electron chi connectivity index (χ2n) is 7.99. The van der Waals surface area contributed by atoms with E-state index in [0.29, 0.717) is 24.1 Å². The van der Waals surface area contributed by atoms with Gasteiger partial charge >= 0.3 is 0 Å². The van der Waals surface area contributed by atoms with Crippen molar-refractivity contribution < 1.29 is 22.0 Å². The summed E-state index contributed by atoms with van der Waals surface area (Å²) < 4.78 is 54.3. The first-order valence-corrected chi connectivity index (χ1v) is 11.9. The van der Waals surface area contributed by atoms with Gasteiger partial charge < -0.3 is 5.32 Å². The van der Waals surface area contributed by atoms with Crippen molar-refractivity contribution in [2.45, 2.75) is 30.6 Å². The van der Waals surface area contributed by atoms with E-state index < -0.39 is 27.6 Å². The van der Waals surface area contributed by atoms with Gasteiger partial charge in [0.2, 0.25) is 15.9 Å². The van der Waals surface area contributed by atoms with E-state index >= 15 is 0 Å². The highest BCUT2D eigenvalue weighted by Crippen LogP contribution is 2.26. The lowest BCUT2D eigenvalue weighted by atomic mass is 9.92. The zero-order valence-electron chi connectivity index (χ0n) is 17.1. The molecule has 0 atom stereocenters. The summed E-state index contributed by atoms with van der Waals surface area (Å²) in [6, 6.07) is 8.38. The Bertz CT molecular complexity index is 1080. The minimum atomic E-state index is -3.58. The van der Waals surface area contributed by atoms with Crippen LogP contribution < -0.4 is 5.32 Å². The number of hydrogen-bond donors (Lipinski definition) is 1. The summed E-state index contributed by atoms with van der Waals surface area (Å²) >= 11 is 0. The molecule has 1 heterocycles. The molecule has 1 aliphatic heterocycles. The number of carbonyl (C=O) groups is 1. The number of amides is 1. The lowest BCUT2D eigenvalue weighted by Crippen LogP contribution is -2.50. The predicted molar refractivity (Wildman–Crippen MR) is 113 cm³/mol. The molecule has 166 valence electrons. The van der Waals surface area contributed by atoms with Gasteiger partial charge in [-0.05, 0) is 61.1 Å². The Kier molecular flexibility index (Phi) is 6.36. The number of fused-ring (bicyclic) bond motifs is 1. The fourth-order valence-corrected chi connectivity index (χ4v) is 5.60. The molecule has 1 saturated heterocycles. The average Bonchev–Trinajstić information content (AvgIpc) is 2.76. The van der Waals surface area contributed by atoms with Crippen molar-refractivity contribution in [2.24, 2.45) is 0 Å². The van der Waals surface area contributed by atoms with Crippen LogP contribution in [0, 0.1) is 11.6 Å². The third kappa shape index (κ3) is 4.94. The van der Waals surface area contributed by atoms with Gasteiger partial charge in [-0.25, -0.2) is 17.2 Å². The number of nitrogens with zero attached hydrogens (tertiary/aromatic N) is 2. The highest BCUT2D eigenvalue weighted by Gasteiger charge is 2.29. The quantitative estimate of drug-likeness (QED) is 0.762. The molecular weight excluding hydrogens is 424 g/mol. The second-order valence-corrected chi connectivity index (χ2v) is 9.93. The molecule has 0 saturated carbocycles. The molecule has 1 amide bonds. The molecule has 0 unspecified atom stereocenters. The Morgan fingerprint density at radius 2 is 1.65 bits per heavy atom. The molecule has 6 nitrogen and oxygen atoms in total. The van der Waals surface area contributed by atoms with Gasteiger partial charge in [0.25, 0.3) is 0 Å². The largest absolute Gasteiger partial charge is 0.322 e. The van der Waals surface area contributed by atoms with Gasteiger partial charge in [0.05, 0.1) is 17.1 Å². The number of rotatable bonds is 5. The van der Waals surface area contributed by atoms with Crippen molar-refractivity contribution in [1.82, 2.24) is 9.21 Å². The van der Waals surface area contributed by atoms with Crippen molar-refractivity contribution in [1.29, 1.82) is 0 Å². The van der Waals surface area contributed by atoms with Crippen LogP contribution in [0.2, 0.25) is 0 Å². The molecule has 1 N–H and O–H groups in total. The molecule has 1 aliphatic carbocycles. The van der Waals surface area contributed by atoms with E-state index in [0.717, 1.165) is 37.3 Å². The van der Waals surface area contributed by atoms with Gasteiger partial charge in [-0.3, -0.25) is 9.69 Å². The molecule has 1 fully saturated rings. The Labute approximate surface area is 180 Å². The topological polar surface area (TPSA) is 69.7 Å². The van der Waals surface area contributed by atoms with Crippen molar-refractivity contribution in [3.05, 3.63) is 59.2 Å². The molecule has 4 rings (SSSR count). The summed E-state index contributed by atoms with van der Waals surface area (Å²) in [5.74, 6) is -1.99. The SMILES string of the molecule is O=C(CN1CCN(S(=O)(=O)c2ccc3c(c2)CCCC3)CC1)Nc1ccc(F)cc1F. The molecule has 31 heavy (non-hydrogen) atoms. The monoisotopic (exact) mass is 449 g/mol. The van der Waals surface area contributed by atoms with Gasteiger partial charge in [-0.2, -0.15) is 4.31 Å². The molecule has 2 aromatic carbocycles. The summed E-state index contributed by atoms with van der Waals surface area (Å²) in [4.78, 5) is 14.3. The van der Waals surface area contributed by atoms with Crippen LogP contribution in [-0.4, -0.2) is 56.3 Å². The van der Waals surface area contributed by atoms with Crippen LogP contribution in [0.5, 0.6) is 0 Å². The average molecular weight is 450 g/mol. The smallest absolute Gasteiger partial charge is 0.243 e. The number of halogens is 2. The van der Waals surface area contributed by atoms with E-state index in [1.807, 2.05) is 11.0 Å². The molecule has 0 spiro atoms. The number of carbonyl (C=O) groups excluding carboxylic acids is 1. The molecule has 2 aromatic rings. The summed E-state index contributed by atoms with van der Waals surface area (Å²) in [6.45, 7) is 1.34. The summed E-state index contributed by atoms with van der Waals surface area (Å²) in [6.07, 6.45) is 4.13. The van der Waals surface area contributed by atoms with Crippen molar-refractivity contribution in [2.75, 3.05) is 38.0 Å². The number of hydrogen-bond acceptors (Lipinski definition) is 4.